The van der Waals surface area contributed by atoms with Crippen LogP contribution in [-0.4, -0.2) is 38.1 Å². The Morgan fingerprint density at radius 3 is 2.56 bits per heavy atom. The summed E-state index contributed by atoms with van der Waals surface area (Å²) >= 11 is 0. The van der Waals surface area contributed by atoms with Crippen LogP contribution < -0.4 is 5.56 Å². The number of aryl methyl sites for hydroxylation is 1. The second-order valence-corrected chi connectivity index (χ2v) is 6.85. The van der Waals surface area contributed by atoms with Crippen molar-refractivity contribution in [3.8, 4) is 11.3 Å². The maximum absolute atomic E-state index is 13.1. The number of rotatable bonds is 4. The summed E-state index contributed by atoms with van der Waals surface area (Å²) < 4.78 is 16.2. The average molecular weight is 368 g/mol. The Balaban J connectivity index is 1.54. The topological polar surface area (TPSA) is 59.6 Å². The number of halogens is 1. The Morgan fingerprint density at radius 2 is 1.81 bits per heavy atom. The first-order chi connectivity index (χ1) is 13.1. The van der Waals surface area contributed by atoms with E-state index in [0.29, 0.717) is 24.2 Å². The third kappa shape index (κ3) is 3.63. The summed E-state index contributed by atoms with van der Waals surface area (Å²) in [5.41, 5.74) is 1.59. The first-order valence-electron chi connectivity index (χ1n) is 9.24. The molecule has 6 nitrogen and oxygen atoms in total. The Kier molecular flexibility index (Phi) is 4.75. The van der Waals surface area contributed by atoms with Crippen molar-refractivity contribution in [1.82, 2.24) is 19.1 Å². The van der Waals surface area contributed by atoms with Gasteiger partial charge in [0.1, 0.15) is 11.3 Å². The van der Waals surface area contributed by atoms with Crippen LogP contribution in [0.15, 0.2) is 47.5 Å². The maximum atomic E-state index is 13.1. The van der Waals surface area contributed by atoms with Crippen LogP contribution in [-0.2, 0) is 11.3 Å². The highest BCUT2D eigenvalue weighted by Crippen LogP contribution is 2.18. The van der Waals surface area contributed by atoms with Crippen molar-refractivity contribution in [2.75, 3.05) is 13.1 Å². The number of carbonyl (C=O) groups is 1. The fourth-order valence-corrected chi connectivity index (χ4v) is 3.48. The highest BCUT2D eigenvalue weighted by atomic mass is 19.1. The van der Waals surface area contributed by atoms with E-state index in [2.05, 4.69) is 5.10 Å². The summed E-state index contributed by atoms with van der Waals surface area (Å²) in [4.78, 5) is 26.9. The van der Waals surface area contributed by atoms with Crippen LogP contribution in [0.25, 0.3) is 16.8 Å². The minimum atomic E-state index is -0.316. The molecule has 3 aromatic rings. The van der Waals surface area contributed by atoms with Crippen molar-refractivity contribution in [1.29, 1.82) is 0 Å². The standard InChI is InChI=1S/C20H21FN4O2/c21-16-6-4-15(5-7-16)17-14-18-20(27)24(12-13-25(18)22-17)11-8-19(26)23-9-2-1-3-10-23/h4-7,12-14H,1-3,8-11H2. The van der Waals surface area contributed by atoms with Crippen molar-refractivity contribution in [2.24, 2.45) is 0 Å². The molecule has 3 heterocycles. The molecule has 140 valence electrons. The van der Waals surface area contributed by atoms with Crippen molar-refractivity contribution in [3.63, 3.8) is 0 Å². The Morgan fingerprint density at radius 1 is 1.07 bits per heavy atom. The molecule has 4 rings (SSSR count). The van der Waals surface area contributed by atoms with Crippen LogP contribution >= 0.6 is 0 Å². The number of likely N-dealkylation sites (tertiary alicyclic amines) is 1. The Hall–Kier alpha value is -2.96. The molecule has 0 atom stereocenters. The lowest BCUT2D eigenvalue weighted by atomic mass is 10.1. The number of amides is 1. The second-order valence-electron chi connectivity index (χ2n) is 6.85. The average Bonchev–Trinajstić information content (AvgIpc) is 3.14. The van der Waals surface area contributed by atoms with Gasteiger partial charge in [0, 0.05) is 44.0 Å². The number of carbonyl (C=O) groups excluding carboxylic acids is 1. The quantitative estimate of drug-likeness (QED) is 0.711. The number of nitrogens with zero attached hydrogens (tertiary/aromatic N) is 4. The van der Waals surface area contributed by atoms with E-state index in [1.165, 1.54) is 23.1 Å². The monoisotopic (exact) mass is 368 g/mol. The number of hydrogen-bond donors (Lipinski definition) is 0. The van der Waals surface area contributed by atoms with E-state index in [-0.39, 0.29) is 17.3 Å². The molecule has 0 saturated carbocycles. The molecule has 1 aromatic carbocycles. The van der Waals surface area contributed by atoms with Crippen LogP contribution in [0.2, 0.25) is 0 Å². The molecule has 0 spiro atoms. The molecule has 0 N–H and O–H groups in total. The second kappa shape index (κ2) is 7.34. The predicted molar refractivity (Wildman–Crippen MR) is 99.9 cm³/mol. The van der Waals surface area contributed by atoms with Crippen LogP contribution in [0.4, 0.5) is 4.39 Å². The number of hydrogen-bond acceptors (Lipinski definition) is 3. The van der Waals surface area contributed by atoms with Gasteiger partial charge in [-0.2, -0.15) is 5.10 Å². The highest BCUT2D eigenvalue weighted by Gasteiger charge is 2.17. The zero-order chi connectivity index (χ0) is 18.8. The molecule has 1 aliphatic heterocycles. The number of aromatic nitrogens is 3. The predicted octanol–water partition coefficient (Wildman–Crippen LogP) is 2.70. The molecule has 1 aliphatic rings. The zero-order valence-electron chi connectivity index (χ0n) is 15.0. The minimum absolute atomic E-state index is 0.0991. The van der Waals surface area contributed by atoms with E-state index in [9.17, 15) is 14.0 Å². The first kappa shape index (κ1) is 17.5. The third-order valence-corrected chi connectivity index (χ3v) is 5.02. The van der Waals surface area contributed by atoms with Crippen molar-refractivity contribution >= 4 is 11.4 Å². The van der Waals surface area contributed by atoms with Gasteiger partial charge in [0.15, 0.2) is 0 Å². The van der Waals surface area contributed by atoms with Crippen molar-refractivity contribution in [2.45, 2.75) is 32.2 Å². The van der Waals surface area contributed by atoms with Gasteiger partial charge in [-0.15, -0.1) is 0 Å². The van der Waals surface area contributed by atoms with E-state index < -0.39 is 0 Å². The highest BCUT2D eigenvalue weighted by molar-refractivity contribution is 5.76. The fraction of sp³-hybridized carbons (Fsp3) is 0.350. The van der Waals surface area contributed by atoms with Gasteiger partial charge in [-0.1, -0.05) is 0 Å². The van der Waals surface area contributed by atoms with E-state index in [1.807, 2.05) is 4.90 Å². The van der Waals surface area contributed by atoms with Gasteiger partial charge in [-0.3, -0.25) is 9.59 Å². The summed E-state index contributed by atoms with van der Waals surface area (Å²) in [6.07, 6.45) is 6.96. The van der Waals surface area contributed by atoms with Gasteiger partial charge in [0.05, 0.1) is 5.69 Å². The smallest absolute Gasteiger partial charge is 0.276 e. The molecular weight excluding hydrogens is 347 g/mol. The molecule has 27 heavy (non-hydrogen) atoms. The van der Waals surface area contributed by atoms with Crippen LogP contribution in [0.5, 0.6) is 0 Å². The summed E-state index contributed by atoms with van der Waals surface area (Å²) in [6, 6.07) is 7.69. The number of piperidine rings is 1. The van der Waals surface area contributed by atoms with Gasteiger partial charge in [0.25, 0.3) is 5.56 Å². The first-order valence-corrected chi connectivity index (χ1v) is 9.24. The van der Waals surface area contributed by atoms with Gasteiger partial charge >= 0.3 is 0 Å². The molecule has 7 heteroatoms. The van der Waals surface area contributed by atoms with Gasteiger partial charge < -0.3 is 9.47 Å². The van der Waals surface area contributed by atoms with E-state index in [0.717, 1.165) is 31.5 Å². The van der Waals surface area contributed by atoms with Gasteiger partial charge in [0.2, 0.25) is 5.91 Å². The Bertz CT molecular complexity index is 1020. The Labute approximate surface area is 155 Å². The molecule has 1 amide bonds. The SMILES string of the molecule is O=C(CCn1ccn2nc(-c3ccc(F)cc3)cc2c1=O)N1CCCCC1. The largest absolute Gasteiger partial charge is 0.343 e. The van der Waals surface area contributed by atoms with Crippen molar-refractivity contribution < 1.29 is 9.18 Å². The lowest BCUT2D eigenvalue weighted by molar-refractivity contribution is -0.132. The lowest BCUT2D eigenvalue weighted by Gasteiger charge is -2.26. The fourth-order valence-electron chi connectivity index (χ4n) is 3.48. The third-order valence-electron chi connectivity index (χ3n) is 5.02. The van der Waals surface area contributed by atoms with Gasteiger partial charge in [-0.25, -0.2) is 8.91 Å². The maximum Gasteiger partial charge on any atom is 0.276 e. The number of fused-ring (bicyclic) bond motifs is 1. The lowest BCUT2D eigenvalue weighted by Crippen LogP contribution is -2.36. The molecule has 2 aromatic heterocycles. The summed E-state index contributed by atoms with van der Waals surface area (Å²) in [5, 5.41) is 4.39. The van der Waals surface area contributed by atoms with E-state index in [4.69, 9.17) is 0 Å². The number of benzene rings is 1. The minimum Gasteiger partial charge on any atom is -0.343 e. The van der Waals surface area contributed by atoms with Crippen molar-refractivity contribution in [3.05, 3.63) is 58.9 Å². The van der Waals surface area contributed by atoms with Crippen LogP contribution in [0.1, 0.15) is 25.7 Å². The van der Waals surface area contributed by atoms with Crippen LogP contribution in [0, 0.1) is 5.82 Å². The molecule has 1 saturated heterocycles. The van der Waals surface area contributed by atoms with Gasteiger partial charge in [-0.05, 0) is 49.6 Å². The molecule has 0 unspecified atom stereocenters. The zero-order valence-corrected chi connectivity index (χ0v) is 15.0. The normalized spacial score (nSPS) is 14.6. The summed E-state index contributed by atoms with van der Waals surface area (Å²) in [5.74, 6) is -0.217. The molecule has 0 bridgehead atoms. The molecular formula is C20H21FN4O2. The van der Waals surface area contributed by atoms with E-state index in [1.54, 1.807) is 35.2 Å². The van der Waals surface area contributed by atoms with Crippen LogP contribution in [0.3, 0.4) is 0 Å². The molecule has 0 aliphatic carbocycles. The summed E-state index contributed by atoms with van der Waals surface area (Å²) in [7, 11) is 0. The molecule has 0 radical (unpaired) electrons. The summed E-state index contributed by atoms with van der Waals surface area (Å²) in [6.45, 7) is 1.98. The van der Waals surface area contributed by atoms with E-state index >= 15 is 0 Å². The molecule has 1 fully saturated rings.